The molecule has 0 bridgehead atoms. The van der Waals surface area contributed by atoms with E-state index in [9.17, 15) is 4.79 Å². The summed E-state index contributed by atoms with van der Waals surface area (Å²) in [4.78, 5) is 12.2. The Morgan fingerprint density at radius 1 is 1.04 bits per heavy atom. The number of nitrogens with zero attached hydrogens (tertiary/aromatic N) is 2. The lowest BCUT2D eigenvalue weighted by Crippen LogP contribution is -2.39. The molecule has 0 saturated carbocycles. The highest BCUT2D eigenvalue weighted by molar-refractivity contribution is 6.99. The number of nitrogens with one attached hydrogen (secondary N) is 1. The van der Waals surface area contributed by atoms with Gasteiger partial charge in [0.1, 0.15) is 0 Å². The van der Waals surface area contributed by atoms with E-state index >= 15 is 0 Å². The summed E-state index contributed by atoms with van der Waals surface area (Å²) in [5.41, 5.74) is 2.35. The van der Waals surface area contributed by atoms with Crippen LogP contribution in [0.15, 0.2) is 66.9 Å². The Hall–Kier alpha value is -2.53. The van der Waals surface area contributed by atoms with Crippen molar-refractivity contribution >= 4 is 17.6 Å². The van der Waals surface area contributed by atoms with Crippen LogP contribution in [-0.4, -0.2) is 21.2 Å². The van der Waals surface area contributed by atoms with E-state index in [1.165, 1.54) is 6.20 Å². The van der Waals surface area contributed by atoms with Crippen LogP contribution in [0.5, 0.6) is 0 Å². The first-order valence-electron chi connectivity index (χ1n) is 7.37. The normalized spacial score (nSPS) is 11.2. The van der Waals surface area contributed by atoms with Gasteiger partial charge in [0, 0.05) is 12.0 Å². The van der Waals surface area contributed by atoms with Crippen molar-refractivity contribution in [2.75, 3.05) is 6.54 Å². The smallest absolute Gasteiger partial charge is 0.272 e. The Labute approximate surface area is 139 Å². The maximum Gasteiger partial charge on any atom is 0.272 e. The van der Waals surface area contributed by atoms with Crippen molar-refractivity contribution in [1.29, 1.82) is 0 Å². The highest BCUT2D eigenvalue weighted by Gasteiger charge is 2.29. The standard InChI is InChI=1S/C18H17N3OS/c1-18(14-8-4-2-5-9-14,15-10-6-3-7-11-15)13-19-17(22)16-12-20-23-21-16/h2-12H,13H2,1H3,(H,19,22). The van der Waals surface area contributed by atoms with Crippen molar-refractivity contribution in [2.24, 2.45) is 0 Å². The molecule has 0 unspecified atom stereocenters. The number of carbonyl (C=O) groups excluding carboxylic acids is 1. The second-order valence-electron chi connectivity index (χ2n) is 5.54. The van der Waals surface area contributed by atoms with Crippen molar-refractivity contribution in [1.82, 2.24) is 14.1 Å². The average Bonchev–Trinajstić information content (AvgIpc) is 3.16. The summed E-state index contributed by atoms with van der Waals surface area (Å²) in [6.07, 6.45) is 1.49. The minimum Gasteiger partial charge on any atom is -0.349 e. The summed E-state index contributed by atoms with van der Waals surface area (Å²) in [6, 6.07) is 20.4. The topological polar surface area (TPSA) is 54.9 Å². The van der Waals surface area contributed by atoms with Gasteiger partial charge in [-0.2, -0.15) is 8.75 Å². The van der Waals surface area contributed by atoms with Crippen molar-refractivity contribution in [3.8, 4) is 0 Å². The Balaban J connectivity index is 1.89. The molecule has 1 heterocycles. The Morgan fingerprint density at radius 2 is 1.61 bits per heavy atom. The third-order valence-electron chi connectivity index (χ3n) is 4.02. The van der Waals surface area contributed by atoms with Crippen LogP contribution in [0.2, 0.25) is 0 Å². The van der Waals surface area contributed by atoms with Gasteiger partial charge in [0.15, 0.2) is 5.69 Å². The molecule has 0 atom stereocenters. The molecule has 0 radical (unpaired) electrons. The molecular weight excluding hydrogens is 306 g/mol. The minimum absolute atomic E-state index is 0.197. The van der Waals surface area contributed by atoms with E-state index in [2.05, 4.69) is 45.3 Å². The van der Waals surface area contributed by atoms with Crippen LogP contribution in [0.4, 0.5) is 0 Å². The van der Waals surface area contributed by atoms with Crippen LogP contribution in [0.1, 0.15) is 28.5 Å². The largest absolute Gasteiger partial charge is 0.349 e. The predicted molar refractivity (Wildman–Crippen MR) is 91.6 cm³/mol. The third-order valence-corrected chi connectivity index (χ3v) is 4.50. The van der Waals surface area contributed by atoms with E-state index in [1.54, 1.807) is 0 Å². The van der Waals surface area contributed by atoms with Gasteiger partial charge in [-0.3, -0.25) is 4.79 Å². The average molecular weight is 323 g/mol. The molecule has 116 valence electrons. The van der Waals surface area contributed by atoms with Gasteiger partial charge in [-0.25, -0.2) is 0 Å². The summed E-state index contributed by atoms with van der Waals surface area (Å²) in [5, 5.41) is 2.99. The number of carbonyl (C=O) groups is 1. The van der Waals surface area contributed by atoms with Gasteiger partial charge in [-0.15, -0.1) is 0 Å². The van der Waals surface area contributed by atoms with Gasteiger partial charge in [-0.05, 0) is 18.1 Å². The molecule has 2 aromatic carbocycles. The van der Waals surface area contributed by atoms with E-state index in [0.29, 0.717) is 12.2 Å². The maximum atomic E-state index is 12.2. The van der Waals surface area contributed by atoms with Crippen molar-refractivity contribution in [3.05, 3.63) is 83.7 Å². The lowest BCUT2D eigenvalue weighted by Gasteiger charge is -2.31. The first-order chi connectivity index (χ1) is 11.2. The summed E-state index contributed by atoms with van der Waals surface area (Å²) in [6.45, 7) is 2.62. The molecule has 0 fully saturated rings. The molecule has 0 aliphatic heterocycles. The summed E-state index contributed by atoms with van der Waals surface area (Å²) in [5.74, 6) is -0.197. The second kappa shape index (κ2) is 6.71. The van der Waals surface area contributed by atoms with Gasteiger partial charge >= 0.3 is 0 Å². The van der Waals surface area contributed by atoms with Crippen LogP contribution in [-0.2, 0) is 5.41 Å². The predicted octanol–water partition coefficient (Wildman–Crippen LogP) is 3.27. The van der Waals surface area contributed by atoms with E-state index in [0.717, 1.165) is 22.9 Å². The lowest BCUT2D eigenvalue weighted by molar-refractivity contribution is 0.0943. The van der Waals surface area contributed by atoms with Crippen molar-refractivity contribution in [3.63, 3.8) is 0 Å². The summed E-state index contributed by atoms with van der Waals surface area (Å²) >= 11 is 1.03. The molecule has 3 aromatic rings. The third kappa shape index (κ3) is 3.29. The molecule has 0 aliphatic rings. The highest BCUT2D eigenvalue weighted by atomic mass is 32.1. The molecule has 23 heavy (non-hydrogen) atoms. The van der Waals surface area contributed by atoms with Gasteiger partial charge in [0.2, 0.25) is 0 Å². The number of amides is 1. The molecule has 4 nitrogen and oxygen atoms in total. The van der Waals surface area contributed by atoms with Crippen LogP contribution < -0.4 is 5.32 Å². The van der Waals surface area contributed by atoms with Crippen LogP contribution in [0, 0.1) is 0 Å². The van der Waals surface area contributed by atoms with Crippen LogP contribution >= 0.6 is 11.7 Å². The zero-order valence-electron chi connectivity index (χ0n) is 12.8. The van der Waals surface area contributed by atoms with Gasteiger partial charge < -0.3 is 5.32 Å². The SMILES string of the molecule is CC(CNC(=O)c1cnsn1)(c1ccccc1)c1ccccc1. The fourth-order valence-corrected chi connectivity index (χ4v) is 3.01. The molecule has 1 aromatic heterocycles. The van der Waals surface area contributed by atoms with Crippen molar-refractivity contribution in [2.45, 2.75) is 12.3 Å². The van der Waals surface area contributed by atoms with Gasteiger partial charge in [0.25, 0.3) is 5.91 Å². The van der Waals surface area contributed by atoms with Gasteiger partial charge in [-0.1, -0.05) is 60.7 Å². The fraction of sp³-hybridized carbons (Fsp3) is 0.167. The highest BCUT2D eigenvalue weighted by Crippen LogP contribution is 2.31. The molecule has 0 spiro atoms. The molecule has 0 aliphatic carbocycles. The monoisotopic (exact) mass is 323 g/mol. The number of hydrogen-bond acceptors (Lipinski definition) is 4. The quantitative estimate of drug-likeness (QED) is 0.784. The second-order valence-corrected chi connectivity index (χ2v) is 6.10. The Bertz CT molecular complexity index is 718. The minimum atomic E-state index is -0.318. The van der Waals surface area contributed by atoms with E-state index in [-0.39, 0.29) is 11.3 Å². The zero-order chi connectivity index (χ0) is 16.1. The summed E-state index contributed by atoms with van der Waals surface area (Å²) < 4.78 is 7.85. The van der Waals surface area contributed by atoms with Crippen LogP contribution in [0.25, 0.3) is 0 Å². The van der Waals surface area contributed by atoms with E-state index in [4.69, 9.17) is 0 Å². The first-order valence-corrected chi connectivity index (χ1v) is 8.10. The fourth-order valence-electron chi connectivity index (χ4n) is 2.60. The molecule has 1 N–H and O–H groups in total. The summed E-state index contributed by atoms with van der Waals surface area (Å²) in [7, 11) is 0. The van der Waals surface area contributed by atoms with E-state index < -0.39 is 0 Å². The number of rotatable bonds is 5. The number of benzene rings is 2. The molecular formula is C18H17N3OS. The van der Waals surface area contributed by atoms with Gasteiger partial charge in [0.05, 0.1) is 17.9 Å². The first kappa shape index (κ1) is 15.4. The van der Waals surface area contributed by atoms with E-state index in [1.807, 2.05) is 36.4 Å². The lowest BCUT2D eigenvalue weighted by atomic mass is 9.76. The van der Waals surface area contributed by atoms with Crippen LogP contribution in [0.3, 0.4) is 0 Å². The number of aromatic nitrogens is 2. The molecule has 3 rings (SSSR count). The number of hydrogen-bond donors (Lipinski definition) is 1. The maximum absolute atomic E-state index is 12.2. The molecule has 1 amide bonds. The molecule has 5 heteroatoms. The Kier molecular flexibility index (Phi) is 4.48. The Morgan fingerprint density at radius 3 is 2.09 bits per heavy atom. The molecule has 0 saturated heterocycles. The zero-order valence-corrected chi connectivity index (χ0v) is 13.6. The van der Waals surface area contributed by atoms with Crippen molar-refractivity contribution < 1.29 is 4.79 Å².